The van der Waals surface area contributed by atoms with Crippen molar-refractivity contribution in [2.75, 3.05) is 0 Å². The molecule has 0 saturated carbocycles. The van der Waals surface area contributed by atoms with E-state index in [0.29, 0.717) is 0 Å². The lowest BCUT2D eigenvalue weighted by Crippen LogP contribution is -2.41. The average molecular weight is 343 g/mol. The molecule has 120 valence electrons. The van der Waals surface area contributed by atoms with E-state index in [2.05, 4.69) is 91.5 Å². The molecule has 0 unspecified atom stereocenters. The highest BCUT2D eigenvalue weighted by Gasteiger charge is 2.45. The molecule has 0 aliphatic rings. The number of hydrogen-bond donors (Lipinski definition) is 0. The molecule has 0 aliphatic heterocycles. The summed E-state index contributed by atoms with van der Waals surface area (Å²) in [5, 5.41) is 0.191. The first-order valence-electron chi connectivity index (χ1n) is 7.75. The Hall–Kier alpha value is 0.0269. The van der Waals surface area contributed by atoms with Crippen LogP contribution in [0.3, 0.4) is 0 Å². The Morgan fingerprint density at radius 3 is 1.52 bits per heavy atom. The third-order valence-corrected chi connectivity index (χ3v) is 17.2. The quantitative estimate of drug-likeness (QED) is 0.407. The van der Waals surface area contributed by atoms with E-state index in [-0.39, 0.29) is 10.3 Å². The highest BCUT2D eigenvalue weighted by Crippen LogP contribution is 2.74. The van der Waals surface area contributed by atoms with Gasteiger partial charge in [0.2, 0.25) is 0 Å². The van der Waals surface area contributed by atoms with Crippen LogP contribution in [0, 0.1) is 0 Å². The van der Waals surface area contributed by atoms with Gasteiger partial charge in [-0.05, 0) is 27.0 Å². The summed E-state index contributed by atoms with van der Waals surface area (Å²) < 4.78 is 0. The minimum Gasteiger partial charge on any atom is -0.0967 e. The summed E-state index contributed by atoms with van der Waals surface area (Å²) in [5.74, 6) is 0. The van der Waals surface area contributed by atoms with Crippen molar-refractivity contribution in [2.45, 2.75) is 71.5 Å². The van der Waals surface area contributed by atoms with Crippen LogP contribution in [0.15, 0.2) is 30.3 Å². The third-order valence-electron chi connectivity index (χ3n) is 3.91. The molecular weight excluding hydrogens is 311 g/mol. The Morgan fingerprint density at radius 1 is 0.857 bits per heavy atom. The summed E-state index contributed by atoms with van der Waals surface area (Å²) >= 11 is 7.59. The van der Waals surface area contributed by atoms with Crippen LogP contribution in [-0.2, 0) is 0 Å². The van der Waals surface area contributed by atoms with Crippen molar-refractivity contribution in [1.82, 2.24) is 0 Å². The Morgan fingerprint density at radius 2 is 1.24 bits per heavy atom. The lowest BCUT2D eigenvalue weighted by atomic mass is 10.2. The summed E-state index contributed by atoms with van der Waals surface area (Å²) in [4.78, 5) is 1.58. The fourth-order valence-corrected chi connectivity index (χ4v) is 16.5. The van der Waals surface area contributed by atoms with Gasteiger partial charge in [0, 0.05) is 0 Å². The van der Waals surface area contributed by atoms with E-state index in [4.69, 9.17) is 11.2 Å². The predicted molar refractivity (Wildman–Crippen MR) is 106 cm³/mol. The van der Waals surface area contributed by atoms with Gasteiger partial charge < -0.3 is 0 Å². The summed E-state index contributed by atoms with van der Waals surface area (Å²) in [6.07, 6.45) is -1.84. The van der Waals surface area contributed by atoms with Crippen LogP contribution in [0.4, 0.5) is 0 Å². The maximum absolute atomic E-state index is 7.59. The Bertz CT molecular complexity index is 521. The molecule has 0 saturated heterocycles. The molecule has 0 atom stereocenters. The van der Waals surface area contributed by atoms with Crippen LogP contribution in [0.2, 0.25) is 19.6 Å². The molecule has 0 heterocycles. The van der Waals surface area contributed by atoms with E-state index in [1.807, 2.05) is 0 Å². The first-order valence-corrected chi connectivity index (χ1v) is 13.9. The molecule has 0 amide bonds. The van der Waals surface area contributed by atoms with Crippen molar-refractivity contribution in [3.63, 3.8) is 0 Å². The van der Waals surface area contributed by atoms with E-state index in [9.17, 15) is 0 Å². The van der Waals surface area contributed by atoms with Crippen molar-refractivity contribution in [3.8, 4) is 0 Å². The molecule has 0 fully saturated rings. The van der Waals surface area contributed by atoms with Crippen LogP contribution in [0.1, 0.15) is 47.1 Å². The Balaban J connectivity index is 3.99. The topological polar surface area (TPSA) is 0 Å². The first-order chi connectivity index (χ1) is 9.23. The van der Waals surface area contributed by atoms with Crippen LogP contribution >= 0.6 is 17.5 Å². The maximum Gasteiger partial charge on any atom is 0.0800 e. The molecule has 21 heavy (non-hydrogen) atoms. The van der Waals surface area contributed by atoms with E-state index >= 15 is 0 Å². The fourth-order valence-electron chi connectivity index (χ4n) is 3.35. The van der Waals surface area contributed by atoms with Crippen LogP contribution in [0.25, 0.3) is 0 Å². The fraction of sp³-hybridized carbons (Fsp3) is 0.611. The van der Waals surface area contributed by atoms with Crippen molar-refractivity contribution >= 4 is 30.5 Å². The van der Waals surface area contributed by atoms with Gasteiger partial charge in [0.25, 0.3) is 0 Å². The molecule has 0 bridgehead atoms. The Kier molecular flexibility index (Phi) is 5.37. The molecule has 0 nitrogen and oxygen atoms in total. The molecule has 1 aromatic carbocycles. The minimum absolute atomic E-state index is 0.0955. The van der Waals surface area contributed by atoms with E-state index in [1.54, 1.807) is 4.92 Å². The number of rotatable bonds is 2. The summed E-state index contributed by atoms with van der Waals surface area (Å²) in [7, 11) is -1.55. The number of hydrogen-bond acceptors (Lipinski definition) is 0. The average Bonchev–Trinajstić information content (AvgIpc) is 2.25. The van der Waals surface area contributed by atoms with Gasteiger partial charge in [-0.2, -0.15) is 0 Å². The zero-order chi connectivity index (χ0) is 16.7. The standard InChI is InChI=1S/C18H32ClPSi/c1-17(2,3)20(19,18(4,5)6)16(21(7,8)9)15-13-11-10-12-14-15/h10-14H,1-9H3. The van der Waals surface area contributed by atoms with Gasteiger partial charge >= 0.3 is 0 Å². The molecule has 0 radical (unpaired) electrons. The van der Waals surface area contributed by atoms with Gasteiger partial charge in [-0.1, -0.05) is 103 Å². The van der Waals surface area contributed by atoms with E-state index in [1.165, 1.54) is 5.56 Å². The highest BCUT2D eigenvalue weighted by molar-refractivity contribution is 8.03. The maximum atomic E-state index is 7.59. The van der Waals surface area contributed by atoms with Gasteiger partial charge in [-0.3, -0.25) is 0 Å². The summed E-state index contributed by atoms with van der Waals surface area (Å²) in [5.41, 5.74) is 1.37. The highest BCUT2D eigenvalue weighted by atomic mass is 35.7. The smallest absolute Gasteiger partial charge is 0.0800 e. The summed E-state index contributed by atoms with van der Waals surface area (Å²) in [6.45, 7) is 21.2. The zero-order valence-electron chi connectivity index (χ0n) is 15.2. The molecule has 0 spiro atoms. The molecule has 0 aromatic heterocycles. The van der Waals surface area contributed by atoms with Gasteiger partial charge in [0.05, 0.1) is 8.07 Å². The molecule has 1 aromatic rings. The van der Waals surface area contributed by atoms with Gasteiger partial charge in [0.1, 0.15) is 0 Å². The van der Waals surface area contributed by atoms with Crippen molar-refractivity contribution < 1.29 is 0 Å². The monoisotopic (exact) mass is 342 g/mol. The molecular formula is C18H32ClPSi. The summed E-state index contributed by atoms with van der Waals surface area (Å²) in [6, 6.07) is 10.9. The van der Waals surface area contributed by atoms with Crippen LogP contribution in [0.5, 0.6) is 0 Å². The predicted octanol–water partition coefficient (Wildman–Crippen LogP) is 6.85. The third kappa shape index (κ3) is 3.68. The second-order valence-electron chi connectivity index (χ2n) is 8.90. The minimum atomic E-state index is -1.84. The van der Waals surface area contributed by atoms with Gasteiger partial charge in [-0.15, -0.1) is 0 Å². The Labute approximate surface area is 138 Å². The van der Waals surface area contributed by atoms with Crippen LogP contribution in [-0.4, -0.2) is 23.3 Å². The van der Waals surface area contributed by atoms with Crippen molar-refractivity contribution in [2.24, 2.45) is 0 Å². The molecule has 1 rings (SSSR count). The van der Waals surface area contributed by atoms with E-state index in [0.717, 1.165) is 0 Å². The van der Waals surface area contributed by atoms with Crippen molar-refractivity contribution in [1.29, 1.82) is 0 Å². The van der Waals surface area contributed by atoms with Crippen molar-refractivity contribution in [3.05, 3.63) is 35.9 Å². The lowest BCUT2D eigenvalue weighted by molar-refractivity contribution is 0.715. The second kappa shape index (κ2) is 5.91. The molecule has 0 N–H and O–H groups in total. The second-order valence-corrected chi connectivity index (χ2v) is 20.1. The van der Waals surface area contributed by atoms with E-state index < -0.39 is 14.3 Å². The largest absolute Gasteiger partial charge is 0.0967 e. The first kappa shape index (κ1) is 19.1. The number of benzene rings is 1. The molecule has 0 aliphatic carbocycles. The number of halogens is 1. The van der Waals surface area contributed by atoms with Gasteiger partial charge in [-0.25, -0.2) is 0 Å². The SMILES string of the molecule is CC(C)(C)P(Cl)(=C(c1ccccc1)[Si](C)(C)C)C(C)(C)C. The van der Waals surface area contributed by atoms with Gasteiger partial charge in [0.15, 0.2) is 0 Å². The normalized spacial score (nSPS) is 14.2. The molecule has 3 heteroatoms. The zero-order valence-corrected chi connectivity index (χ0v) is 17.9. The lowest BCUT2D eigenvalue weighted by Gasteiger charge is -2.48. The van der Waals surface area contributed by atoms with Crippen LogP contribution < -0.4 is 0 Å².